The van der Waals surface area contributed by atoms with Crippen molar-refractivity contribution >= 4 is 7.82 Å². The number of hydrogen-bond donors (Lipinski definition) is 0. The number of ether oxygens (including phenoxy) is 2. The van der Waals surface area contributed by atoms with Gasteiger partial charge in [-0.15, -0.1) is 0 Å². The minimum atomic E-state index is -3.54. The van der Waals surface area contributed by atoms with Crippen LogP contribution >= 0.6 is 7.82 Å². The van der Waals surface area contributed by atoms with Gasteiger partial charge in [0.2, 0.25) is 0 Å². The van der Waals surface area contributed by atoms with E-state index in [4.69, 9.17) is 23.0 Å². The van der Waals surface area contributed by atoms with E-state index >= 15 is 0 Å². The average Bonchev–Trinajstić information content (AvgIpc) is 2.52. The highest BCUT2D eigenvalue weighted by molar-refractivity contribution is 7.48. The highest BCUT2D eigenvalue weighted by Crippen LogP contribution is 2.50. The van der Waals surface area contributed by atoms with Gasteiger partial charge in [-0.25, -0.2) is 4.57 Å². The van der Waals surface area contributed by atoms with Crippen molar-refractivity contribution in [3.8, 4) is 11.5 Å². The highest BCUT2D eigenvalue weighted by Gasteiger charge is 2.26. The van der Waals surface area contributed by atoms with Gasteiger partial charge in [0.25, 0.3) is 0 Å². The molecular weight excluding hydrogens is 319 g/mol. The molecule has 0 amide bonds. The van der Waals surface area contributed by atoms with E-state index in [1.54, 1.807) is 28.1 Å². The summed E-state index contributed by atoms with van der Waals surface area (Å²) in [6.45, 7) is 8.16. The predicted octanol–water partition coefficient (Wildman–Crippen LogP) is 4.52. The van der Waals surface area contributed by atoms with Crippen LogP contribution in [-0.2, 0) is 24.7 Å². The smallest absolute Gasteiger partial charge is 0.475 e. The first-order chi connectivity index (χ1) is 10.9. The molecule has 6 nitrogen and oxygen atoms in total. The summed E-state index contributed by atoms with van der Waals surface area (Å²) in [5, 5.41) is 0. The van der Waals surface area contributed by atoms with Gasteiger partial charge in [-0.1, -0.05) is 13.8 Å². The third-order valence-corrected chi connectivity index (χ3v) is 4.74. The van der Waals surface area contributed by atoms with Crippen LogP contribution in [0.2, 0.25) is 0 Å². The number of phosphoric acid groups is 1. The number of phosphoric ester groups is 1. The van der Waals surface area contributed by atoms with E-state index < -0.39 is 7.82 Å². The number of methoxy groups -OCH3 is 2. The van der Waals surface area contributed by atoms with Crippen LogP contribution in [0.5, 0.6) is 11.5 Å². The van der Waals surface area contributed by atoms with E-state index in [0.717, 1.165) is 11.1 Å². The van der Waals surface area contributed by atoms with Crippen molar-refractivity contribution in [3.05, 3.63) is 23.3 Å². The van der Waals surface area contributed by atoms with Gasteiger partial charge in [-0.05, 0) is 37.5 Å². The average molecular weight is 346 g/mol. The van der Waals surface area contributed by atoms with Gasteiger partial charge in [-0.2, -0.15) is 0 Å². The summed E-state index contributed by atoms with van der Waals surface area (Å²) >= 11 is 0. The zero-order valence-corrected chi connectivity index (χ0v) is 15.6. The maximum absolute atomic E-state index is 12.3. The van der Waals surface area contributed by atoms with Gasteiger partial charge in [0.1, 0.15) is 11.5 Å². The van der Waals surface area contributed by atoms with Gasteiger partial charge in [0.05, 0.1) is 34.0 Å². The Morgan fingerprint density at radius 1 is 0.957 bits per heavy atom. The van der Waals surface area contributed by atoms with Gasteiger partial charge >= 0.3 is 7.82 Å². The maximum Gasteiger partial charge on any atom is 0.475 e. The van der Waals surface area contributed by atoms with Crippen molar-refractivity contribution in [3.63, 3.8) is 0 Å². The Morgan fingerprint density at radius 2 is 1.43 bits per heavy atom. The molecule has 0 atom stereocenters. The van der Waals surface area contributed by atoms with Crippen LogP contribution < -0.4 is 9.47 Å². The minimum Gasteiger partial charge on any atom is -0.496 e. The second kappa shape index (κ2) is 9.28. The number of hydrogen-bond acceptors (Lipinski definition) is 6. The highest BCUT2D eigenvalue weighted by atomic mass is 31.2. The lowest BCUT2D eigenvalue weighted by atomic mass is 9.99. The monoisotopic (exact) mass is 346 g/mol. The molecule has 1 rings (SSSR count). The van der Waals surface area contributed by atoms with Crippen molar-refractivity contribution in [2.45, 2.75) is 40.2 Å². The maximum atomic E-state index is 12.3. The van der Waals surface area contributed by atoms with Gasteiger partial charge < -0.3 is 9.47 Å². The lowest BCUT2D eigenvalue weighted by Crippen LogP contribution is -2.03. The molecular formula is C16H27O6P. The Bertz CT molecular complexity index is 508. The fraction of sp³-hybridized carbons (Fsp3) is 0.625. The molecule has 0 unspecified atom stereocenters. The summed E-state index contributed by atoms with van der Waals surface area (Å²) in [6, 6.07) is 3.69. The Balaban J connectivity index is 3.03. The van der Waals surface area contributed by atoms with Crippen LogP contribution in [0.1, 0.15) is 44.7 Å². The topological polar surface area (TPSA) is 63.2 Å². The normalized spacial score (nSPS) is 11.8. The lowest BCUT2D eigenvalue weighted by Gasteiger charge is -2.19. The third-order valence-electron chi connectivity index (χ3n) is 3.14. The molecule has 0 spiro atoms. The van der Waals surface area contributed by atoms with E-state index in [0.29, 0.717) is 11.5 Å². The predicted molar refractivity (Wildman–Crippen MR) is 89.3 cm³/mol. The lowest BCUT2D eigenvalue weighted by molar-refractivity contribution is 0.116. The first-order valence-electron chi connectivity index (χ1n) is 7.69. The van der Waals surface area contributed by atoms with Crippen molar-refractivity contribution < 1.29 is 27.6 Å². The molecule has 7 heteroatoms. The second-order valence-corrected chi connectivity index (χ2v) is 6.79. The van der Waals surface area contributed by atoms with Gasteiger partial charge in [0, 0.05) is 5.56 Å². The van der Waals surface area contributed by atoms with Crippen molar-refractivity contribution in [2.24, 2.45) is 0 Å². The van der Waals surface area contributed by atoms with Crippen LogP contribution in [0, 0.1) is 0 Å². The van der Waals surface area contributed by atoms with E-state index in [1.165, 1.54) is 0 Å². The fourth-order valence-electron chi connectivity index (χ4n) is 2.23. The molecule has 23 heavy (non-hydrogen) atoms. The zero-order chi connectivity index (χ0) is 17.5. The molecule has 1 aromatic carbocycles. The summed E-state index contributed by atoms with van der Waals surface area (Å²) in [5.41, 5.74) is 1.75. The Hall–Kier alpha value is -1.07. The first-order valence-corrected chi connectivity index (χ1v) is 9.15. The van der Waals surface area contributed by atoms with Crippen molar-refractivity contribution in [2.75, 3.05) is 27.4 Å². The number of benzene rings is 1. The molecule has 1 aromatic rings. The summed E-state index contributed by atoms with van der Waals surface area (Å²) in [6.07, 6.45) is 0. The summed E-state index contributed by atoms with van der Waals surface area (Å²) in [7, 11) is -0.329. The van der Waals surface area contributed by atoms with Crippen molar-refractivity contribution in [1.82, 2.24) is 0 Å². The SMILES string of the molecule is CCOP(=O)(OCC)OCc1cc(OC)c(C(C)C)c(OC)c1. The molecule has 0 fully saturated rings. The molecule has 0 aliphatic rings. The molecule has 0 saturated carbocycles. The molecule has 0 bridgehead atoms. The van der Waals surface area contributed by atoms with Crippen LogP contribution in [0.15, 0.2) is 12.1 Å². The van der Waals surface area contributed by atoms with Crippen LogP contribution in [-0.4, -0.2) is 27.4 Å². The molecule has 0 heterocycles. The van der Waals surface area contributed by atoms with Gasteiger partial charge in [-0.3, -0.25) is 13.6 Å². The third kappa shape index (κ3) is 5.50. The molecule has 0 aliphatic carbocycles. The van der Waals surface area contributed by atoms with Crippen LogP contribution in [0.4, 0.5) is 0 Å². The van der Waals surface area contributed by atoms with Crippen LogP contribution in [0.25, 0.3) is 0 Å². The minimum absolute atomic E-state index is 0.0718. The summed E-state index contributed by atoms with van der Waals surface area (Å²) in [5.74, 6) is 1.66. The molecule has 0 N–H and O–H groups in total. The largest absolute Gasteiger partial charge is 0.496 e. The molecule has 0 aliphatic heterocycles. The fourth-order valence-corrected chi connectivity index (χ4v) is 3.39. The van der Waals surface area contributed by atoms with Crippen molar-refractivity contribution in [1.29, 1.82) is 0 Å². The second-order valence-electron chi connectivity index (χ2n) is 5.12. The van der Waals surface area contributed by atoms with E-state index in [-0.39, 0.29) is 25.7 Å². The molecule has 0 radical (unpaired) electrons. The molecule has 0 aromatic heterocycles. The standard InChI is InChI=1S/C16H27O6P/c1-7-20-23(17,21-8-2)22-11-13-9-14(18-5)16(12(3)4)15(10-13)19-6/h9-10,12H,7-8,11H2,1-6H3. The van der Waals surface area contributed by atoms with Crippen LogP contribution in [0.3, 0.4) is 0 Å². The molecule has 132 valence electrons. The number of rotatable bonds is 10. The quantitative estimate of drug-likeness (QED) is 0.580. The van der Waals surface area contributed by atoms with E-state index in [9.17, 15) is 4.57 Å². The van der Waals surface area contributed by atoms with Gasteiger partial charge in [0.15, 0.2) is 0 Å². The van der Waals surface area contributed by atoms with E-state index in [2.05, 4.69) is 13.8 Å². The first kappa shape index (κ1) is 20.0. The molecule has 0 saturated heterocycles. The summed E-state index contributed by atoms with van der Waals surface area (Å²) < 4.78 is 38.9. The summed E-state index contributed by atoms with van der Waals surface area (Å²) in [4.78, 5) is 0. The zero-order valence-electron chi connectivity index (χ0n) is 14.8. The Kier molecular flexibility index (Phi) is 8.06. The Morgan fingerprint density at radius 3 is 1.78 bits per heavy atom. The van der Waals surface area contributed by atoms with E-state index in [1.807, 2.05) is 12.1 Å². The Labute approximate surface area is 138 Å².